The predicted molar refractivity (Wildman–Crippen MR) is 111 cm³/mol. The van der Waals surface area contributed by atoms with E-state index in [9.17, 15) is 4.79 Å². The Hall–Kier alpha value is -1.81. The lowest BCUT2D eigenvalue weighted by atomic mass is 9.98. The molecule has 1 N–H and O–H groups in total. The Morgan fingerprint density at radius 1 is 1.19 bits per heavy atom. The van der Waals surface area contributed by atoms with Gasteiger partial charge in [0.25, 0.3) is 0 Å². The summed E-state index contributed by atoms with van der Waals surface area (Å²) in [5.74, 6) is 0. The number of aromatic amines is 1. The number of aromatic nitrogens is 1. The van der Waals surface area contributed by atoms with Crippen LogP contribution in [0.15, 0.2) is 23.0 Å². The molecule has 3 rings (SSSR count). The van der Waals surface area contributed by atoms with E-state index in [0.29, 0.717) is 6.04 Å². The van der Waals surface area contributed by atoms with Crippen LogP contribution in [0.3, 0.4) is 0 Å². The topological polar surface area (TPSA) is 39.3 Å². The van der Waals surface area contributed by atoms with Crippen LogP contribution in [0.1, 0.15) is 57.7 Å². The maximum atomic E-state index is 13.3. The number of hydrogen-bond donors (Lipinski definition) is 1. The molecule has 26 heavy (non-hydrogen) atoms. The minimum absolute atomic E-state index is 0.200. The van der Waals surface area contributed by atoms with E-state index >= 15 is 0 Å². The van der Waals surface area contributed by atoms with E-state index in [4.69, 9.17) is 0 Å². The monoisotopic (exact) mass is 355 g/mol. The van der Waals surface area contributed by atoms with Crippen LogP contribution in [0.5, 0.6) is 0 Å². The molecule has 1 unspecified atom stereocenters. The second-order valence-corrected chi connectivity index (χ2v) is 7.49. The van der Waals surface area contributed by atoms with Crippen LogP contribution in [0.4, 0.5) is 5.69 Å². The number of hydrogen-bond acceptors (Lipinski definition) is 3. The van der Waals surface area contributed by atoms with Gasteiger partial charge in [-0.25, -0.2) is 0 Å². The van der Waals surface area contributed by atoms with Crippen LogP contribution < -0.4 is 10.3 Å². The third kappa shape index (κ3) is 3.66. The largest absolute Gasteiger partial charge is 0.372 e. The normalized spacial score (nSPS) is 18.4. The quantitative estimate of drug-likeness (QED) is 0.832. The van der Waals surface area contributed by atoms with Crippen LogP contribution in [0.2, 0.25) is 0 Å². The molecule has 4 nitrogen and oxygen atoms in total. The van der Waals surface area contributed by atoms with E-state index in [1.807, 2.05) is 6.92 Å². The lowest BCUT2D eigenvalue weighted by molar-refractivity contribution is 0.135. The van der Waals surface area contributed by atoms with Gasteiger partial charge in [0, 0.05) is 53.5 Å². The minimum atomic E-state index is 0.200. The molecule has 1 fully saturated rings. The lowest BCUT2D eigenvalue weighted by Crippen LogP contribution is -2.39. The van der Waals surface area contributed by atoms with E-state index in [-0.39, 0.29) is 5.43 Å². The summed E-state index contributed by atoms with van der Waals surface area (Å²) in [5, 5.41) is 0.819. The number of fused-ring (bicyclic) bond motifs is 1. The number of likely N-dealkylation sites (tertiary alicyclic amines) is 1. The second kappa shape index (κ2) is 8.26. The Labute approximate surface area is 157 Å². The zero-order valence-electron chi connectivity index (χ0n) is 16.8. The standard InChI is InChI=1S/C22H33N3O/c1-5-17-10-8-9-13-25(17)15-20-16(4)23-21-12-11-18(24(6-2)7-3)14-19(21)22(20)26/h11-12,14,17H,5-10,13,15H2,1-4H3,(H,23,26). The van der Waals surface area contributed by atoms with Gasteiger partial charge in [-0.3, -0.25) is 9.69 Å². The first kappa shape index (κ1) is 19.0. The number of anilines is 1. The van der Waals surface area contributed by atoms with Crippen molar-refractivity contribution in [1.82, 2.24) is 9.88 Å². The first-order valence-corrected chi connectivity index (χ1v) is 10.2. The molecule has 0 amide bonds. The molecule has 0 spiro atoms. The molecular weight excluding hydrogens is 322 g/mol. The fraction of sp³-hybridized carbons (Fsp3) is 0.591. The van der Waals surface area contributed by atoms with Gasteiger partial charge < -0.3 is 9.88 Å². The van der Waals surface area contributed by atoms with Gasteiger partial charge in [0.15, 0.2) is 5.43 Å². The Bertz CT molecular complexity index is 807. The molecule has 0 radical (unpaired) electrons. The highest BCUT2D eigenvalue weighted by molar-refractivity contribution is 5.83. The molecule has 2 aromatic rings. The van der Waals surface area contributed by atoms with Crippen molar-refractivity contribution in [3.05, 3.63) is 39.7 Å². The fourth-order valence-electron chi connectivity index (χ4n) is 4.35. The van der Waals surface area contributed by atoms with Crippen molar-refractivity contribution in [1.29, 1.82) is 0 Å². The van der Waals surface area contributed by atoms with Gasteiger partial charge in [-0.05, 0) is 64.8 Å². The lowest BCUT2D eigenvalue weighted by Gasteiger charge is -2.35. The smallest absolute Gasteiger partial charge is 0.194 e. The summed E-state index contributed by atoms with van der Waals surface area (Å²) in [5.41, 5.74) is 4.23. The third-order valence-electron chi connectivity index (χ3n) is 6.01. The fourth-order valence-corrected chi connectivity index (χ4v) is 4.35. The van der Waals surface area contributed by atoms with Gasteiger partial charge in [-0.15, -0.1) is 0 Å². The molecule has 1 aliphatic heterocycles. The number of aryl methyl sites for hydroxylation is 1. The van der Waals surface area contributed by atoms with E-state index in [1.165, 1.54) is 19.3 Å². The summed E-state index contributed by atoms with van der Waals surface area (Å²) in [6.45, 7) is 12.4. The molecule has 1 aliphatic rings. The molecule has 0 aliphatic carbocycles. The number of H-pyrrole nitrogens is 1. The maximum Gasteiger partial charge on any atom is 0.194 e. The number of pyridine rings is 1. The zero-order valence-corrected chi connectivity index (χ0v) is 16.8. The van der Waals surface area contributed by atoms with Crippen LogP contribution >= 0.6 is 0 Å². The molecule has 1 aromatic heterocycles. The van der Waals surface area contributed by atoms with Crippen LogP contribution in [0, 0.1) is 6.92 Å². The van der Waals surface area contributed by atoms with E-state index < -0.39 is 0 Å². The Morgan fingerprint density at radius 3 is 2.65 bits per heavy atom. The van der Waals surface area contributed by atoms with Crippen molar-refractivity contribution >= 4 is 16.6 Å². The first-order chi connectivity index (χ1) is 12.6. The molecule has 1 aromatic carbocycles. The van der Waals surface area contributed by atoms with Crippen molar-refractivity contribution in [2.24, 2.45) is 0 Å². The Kier molecular flexibility index (Phi) is 6.02. The third-order valence-corrected chi connectivity index (χ3v) is 6.01. The Morgan fingerprint density at radius 2 is 1.96 bits per heavy atom. The summed E-state index contributed by atoms with van der Waals surface area (Å²) in [6.07, 6.45) is 4.98. The average molecular weight is 356 g/mol. The van der Waals surface area contributed by atoms with Crippen LogP contribution in [0.25, 0.3) is 10.9 Å². The summed E-state index contributed by atoms with van der Waals surface area (Å²) >= 11 is 0. The molecule has 0 bridgehead atoms. The van der Waals surface area contributed by atoms with E-state index in [2.05, 4.69) is 53.8 Å². The van der Waals surface area contributed by atoms with Gasteiger partial charge in [0.05, 0.1) is 0 Å². The molecule has 4 heteroatoms. The van der Waals surface area contributed by atoms with E-state index in [1.54, 1.807) is 0 Å². The van der Waals surface area contributed by atoms with Crippen molar-refractivity contribution in [2.75, 3.05) is 24.5 Å². The molecule has 1 saturated heterocycles. The average Bonchev–Trinajstić information content (AvgIpc) is 2.66. The number of rotatable bonds is 6. The number of nitrogens with one attached hydrogen (secondary N) is 1. The summed E-state index contributed by atoms with van der Waals surface area (Å²) in [4.78, 5) is 21.6. The highest BCUT2D eigenvalue weighted by Crippen LogP contribution is 2.24. The summed E-state index contributed by atoms with van der Waals surface area (Å²) < 4.78 is 0. The van der Waals surface area contributed by atoms with Crippen molar-refractivity contribution in [2.45, 2.75) is 66.0 Å². The Balaban J connectivity index is 2.01. The van der Waals surface area contributed by atoms with Crippen molar-refractivity contribution < 1.29 is 0 Å². The van der Waals surface area contributed by atoms with Crippen molar-refractivity contribution in [3.8, 4) is 0 Å². The molecule has 2 heterocycles. The van der Waals surface area contributed by atoms with E-state index in [0.717, 1.165) is 60.4 Å². The first-order valence-electron chi connectivity index (χ1n) is 10.2. The molecule has 0 saturated carbocycles. The van der Waals surface area contributed by atoms with Crippen LogP contribution in [-0.4, -0.2) is 35.6 Å². The zero-order chi connectivity index (χ0) is 18.7. The van der Waals surface area contributed by atoms with Gasteiger partial charge >= 0.3 is 0 Å². The minimum Gasteiger partial charge on any atom is -0.372 e. The van der Waals surface area contributed by atoms with Gasteiger partial charge in [0.1, 0.15) is 0 Å². The van der Waals surface area contributed by atoms with Crippen molar-refractivity contribution in [3.63, 3.8) is 0 Å². The van der Waals surface area contributed by atoms with Crippen LogP contribution in [-0.2, 0) is 6.54 Å². The van der Waals surface area contributed by atoms with Gasteiger partial charge in [-0.2, -0.15) is 0 Å². The van der Waals surface area contributed by atoms with Gasteiger partial charge in [0.2, 0.25) is 0 Å². The summed E-state index contributed by atoms with van der Waals surface area (Å²) in [6, 6.07) is 6.84. The summed E-state index contributed by atoms with van der Waals surface area (Å²) in [7, 11) is 0. The highest BCUT2D eigenvalue weighted by Gasteiger charge is 2.23. The second-order valence-electron chi connectivity index (χ2n) is 7.49. The molecule has 142 valence electrons. The maximum absolute atomic E-state index is 13.3. The number of piperidine rings is 1. The number of benzene rings is 1. The van der Waals surface area contributed by atoms with Gasteiger partial charge in [-0.1, -0.05) is 13.3 Å². The SMILES string of the molecule is CCC1CCCCN1Cc1c(C)[nH]c2ccc(N(CC)CC)cc2c1=O. The molecular formula is C22H33N3O. The molecule has 1 atom stereocenters. The predicted octanol–water partition coefficient (Wildman–Crippen LogP) is 4.45. The number of nitrogens with zero attached hydrogens (tertiary/aromatic N) is 2. The highest BCUT2D eigenvalue weighted by atomic mass is 16.1.